The van der Waals surface area contributed by atoms with Crippen LogP contribution >= 0.6 is 0 Å². The Hall–Kier alpha value is -2.07. The van der Waals surface area contributed by atoms with Gasteiger partial charge >= 0.3 is 0 Å². The Bertz CT molecular complexity index is 528. The van der Waals surface area contributed by atoms with E-state index < -0.39 is 0 Å². The maximum absolute atomic E-state index is 9.54. The van der Waals surface area contributed by atoms with E-state index >= 15 is 0 Å². The van der Waals surface area contributed by atoms with Crippen LogP contribution in [0.5, 0.6) is 5.75 Å². The minimum Gasteiger partial charge on any atom is -0.508 e. The fourth-order valence-electron chi connectivity index (χ4n) is 1.87. The van der Waals surface area contributed by atoms with E-state index in [0.29, 0.717) is 6.54 Å². The second-order valence-electron chi connectivity index (χ2n) is 3.99. The smallest absolute Gasteiger partial charge is 0.133 e. The molecule has 0 amide bonds. The Kier molecular flexibility index (Phi) is 3.79. The number of phenols is 1. The van der Waals surface area contributed by atoms with Crippen molar-refractivity contribution >= 4 is 11.5 Å². The van der Waals surface area contributed by atoms with Gasteiger partial charge in [0.1, 0.15) is 11.6 Å². The molecule has 1 aromatic heterocycles. The molecule has 0 radical (unpaired) electrons. The average Bonchev–Trinajstić information content (AvgIpc) is 2.40. The van der Waals surface area contributed by atoms with Gasteiger partial charge in [0.2, 0.25) is 0 Å². The third kappa shape index (κ3) is 2.60. The number of rotatable bonds is 4. The molecule has 0 bridgehead atoms. The lowest BCUT2D eigenvalue weighted by Crippen LogP contribution is -2.17. The summed E-state index contributed by atoms with van der Waals surface area (Å²) < 4.78 is 0. The first kappa shape index (κ1) is 12.4. The van der Waals surface area contributed by atoms with Gasteiger partial charge in [0, 0.05) is 31.0 Å². The van der Waals surface area contributed by atoms with Crippen LogP contribution in [0.25, 0.3) is 0 Å². The lowest BCUT2D eigenvalue weighted by Gasteiger charge is -2.22. The highest BCUT2D eigenvalue weighted by molar-refractivity contribution is 5.61. The second-order valence-corrected chi connectivity index (χ2v) is 3.99. The highest BCUT2D eigenvalue weighted by Crippen LogP contribution is 2.26. The number of benzene rings is 1. The molecule has 18 heavy (non-hydrogen) atoms. The molecule has 0 aliphatic heterocycles. The van der Waals surface area contributed by atoms with Gasteiger partial charge in [-0.15, -0.1) is 0 Å². The van der Waals surface area contributed by atoms with Crippen LogP contribution in [0.1, 0.15) is 12.5 Å². The van der Waals surface area contributed by atoms with E-state index in [2.05, 4.69) is 4.98 Å². The standard InChI is InChI=1S/C14H17N3O/c1-2-17(12-4-3-5-13(18)9-12)14-8-11(10-15)6-7-16-14/h3-9,18H,2,10,15H2,1H3. The number of hydrogen-bond acceptors (Lipinski definition) is 4. The molecule has 4 heteroatoms. The summed E-state index contributed by atoms with van der Waals surface area (Å²) in [6.07, 6.45) is 1.75. The van der Waals surface area contributed by atoms with Crippen LogP contribution in [0.2, 0.25) is 0 Å². The number of aromatic hydroxyl groups is 1. The number of nitrogens with zero attached hydrogens (tertiary/aromatic N) is 2. The zero-order valence-electron chi connectivity index (χ0n) is 10.4. The monoisotopic (exact) mass is 243 g/mol. The first-order valence-electron chi connectivity index (χ1n) is 5.96. The maximum Gasteiger partial charge on any atom is 0.133 e. The van der Waals surface area contributed by atoms with Gasteiger partial charge in [-0.3, -0.25) is 0 Å². The van der Waals surface area contributed by atoms with Crippen LogP contribution in [-0.4, -0.2) is 16.6 Å². The molecule has 0 saturated heterocycles. The molecule has 0 aliphatic rings. The summed E-state index contributed by atoms with van der Waals surface area (Å²) in [5.74, 6) is 1.09. The molecule has 0 spiro atoms. The molecule has 94 valence electrons. The number of hydrogen-bond donors (Lipinski definition) is 2. The first-order valence-corrected chi connectivity index (χ1v) is 5.96. The molecule has 0 aliphatic carbocycles. The Balaban J connectivity index is 2.38. The van der Waals surface area contributed by atoms with Crippen molar-refractivity contribution < 1.29 is 5.11 Å². The fourth-order valence-corrected chi connectivity index (χ4v) is 1.87. The molecule has 4 nitrogen and oxygen atoms in total. The molecular formula is C14H17N3O. The summed E-state index contributed by atoms with van der Waals surface area (Å²) in [5, 5.41) is 9.54. The van der Waals surface area contributed by atoms with E-state index in [9.17, 15) is 5.11 Å². The number of anilines is 2. The third-order valence-electron chi connectivity index (χ3n) is 2.78. The predicted molar refractivity (Wildman–Crippen MR) is 72.9 cm³/mol. The summed E-state index contributed by atoms with van der Waals surface area (Å²) in [7, 11) is 0. The van der Waals surface area contributed by atoms with E-state index in [-0.39, 0.29) is 5.75 Å². The second kappa shape index (κ2) is 5.51. The summed E-state index contributed by atoms with van der Waals surface area (Å²) in [5.41, 5.74) is 7.59. The van der Waals surface area contributed by atoms with Crippen LogP contribution in [0.3, 0.4) is 0 Å². The Morgan fingerprint density at radius 2 is 2.11 bits per heavy atom. The van der Waals surface area contributed by atoms with Gasteiger partial charge in [0.05, 0.1) is 0 Å². The van der Waals surface area contributed by atoms with Gasteiger partial charge in [-0.25, -0.2) is 4.98 Å². The summed E-state index contributed by atoms with van der Waals surface area (Å²) in [6.45, 7) is 3.30. The minimum absolute atomic E-state index is 0.251. The number of nitrogens with two attached hydrogens (primary N) is 1. The van der Waals surface area contributed by atoms with Crippen LogP contribution in [-0.2, 0) is 6.54 Å². The molecule has 0 fully saturated rings. The van der Waals surface area contributed by atoms with Gasteiger partial charge in [0.15, 0.2) is 0 Å². The van der Waals surface area contributed by atoms with Gasteiger partial charge in [0.25, 0.3) is 0 Å². The van der Waals surface area contributed by atoms with E-state index in [1.165, 1.54) is 0 Å². The highest BCUT2D eigenvalue weighted by Gasteiger charge is 2.09. The lowest BCUT2D eigenvalue weighted by atomic mass is 10.2. The molecule has 0 unspecified atom stereocenters. The van der Waals surface area contributed by atoms with E-state index in [1.54, 1.807) is 18.3 Å². The van der Waals surface area contributed by atoms with Crippen molar-refractivity contribution in [2.45, 2.75) is 13.5 Å². The van der Waals surface area contributed by atoms with Crippen LogP contribution in [0.15, 0.2) is 42.6 Å². The highest BCUT2D eigenvalue weighted by atomic mass is 16.3. The van der Waals surface area contributed by atoms with Crippen molar-refractivity contribution in [2.24, 2.45) is 5.73 Å². The molecule has 3 N–H and O–H groups in total. The Morgan fingerprint density at radius 3 is 2.78 bits per heavy atom. The van der Waals surface area contributed by atoms with Crippen molar-refractivity contribution in [2.75, 3.05) is 11.4 Å². The minimum atomic E-state index is 0.251. The number of aromatic nitrogens is 1. The summed E-state index contributed by atoms with van der Waals surface area (Å²) in [6, 6.07) is 11.0. The summed E-state index contributed by atoms with van der Waals surface area (Å²) in [4.78, 5) is 6.38. The average molecular weight is 243 g/mol. The lowest BCUT2D eigenvalue weighted by molar-refractivity contribution is 0.475. The van der Waals surface area contributed by atoms with Gasteiger partial charge in [-0.2, -0.15) is 0 Å². The molecule has 1 heterocycles. The largest absolute Gasteiger partial charge is 0.508 e. The van der Waals surface area contributed by atoms with Crippen LogP contribution < -0.4 is 10.6 Å². The van der Waals surface area contributed by atoms with Crippen LogP contribution in [0, 0.1) is 0 Å². The predicted octanol–water partition coefficient (Wildman–Crippen LogP) is 2.40. The molecular weight excluding hydrogens is 226 g/mol. The van der Waals surface area contributed by atoms with Crippen molar-refractivity contribution in [3.05, 3.63) is 48.2 Å². The van der Waals surface area contributed by atoms with Gasteiger partial charge in [-0.05, 0) is 36.8 Å². The van der Waals surface area contributed by atoms with Gasteiger partial charge in [-0.1, -0.05) is 6.07 Å². The zero-order chi connectivity index (χ0) is 13.0. The topological polar surface area (TPSA) is 62.4 Å². The third-order valence-corrected chi connectivity index (χ3v) is 2.78. The van der Waals surface area contributed by atoms with Crippen molar-refractivity contribution in [3.8, 4) is 5.75 Å². The quantitative estimate of drug-likeness (QED) is 0.865. The fraction of sp³-hybridized carbons (Fsp3) is 0.214. The van der Waals surface area contributed by atoms with E-state index in [0.717, 1.165) is 23.6 Å². The Labute approximate surface area is 107 Å². The SMILES string of the molecule is CCN(c1cccc(O)c1)c1cc(CN)ccn1. The molecule has 2 aromatic rings. The number of pyridine rings is 1. The zero-order valence-corrected chi connectivity index (χ0v) is 10.4. The molecule has 0 saturated carbocycles. The molecule has 2 rings (SSSR count). The van der Waals surface area contributed by atoms with Crippen molar-refractivity contribution in [3.63, 3.8) is 0 Å². The first-order chi connectivity index (χ1) is 8.74. The van der Waals surface area contributed by atoms with Crippen LogP contribution in [0.4, 0.5) is 11.5 Å². The summed E-state index contributed by atoms with van der Waals surface area (Å²) >= 11 is 0. The molecule has 1 aromatic carbocycles. The van der Waals surface area contributed by atoms with Gasteiger partial charge < -0.3 is 15.7 Å². The maximum atomic E-state index is 9.54. The van der Waals surface area contributed by atoms with Crippen molar-refractivity contribution in [1.82, 2.24) is 4.98 Å². The van der Waals surface area contributed by atoms with Crippen molar-refractivity contribution in [1.29, 1.82) is 0 Å². The van der Waals surface area contributed by atoms with E-state index in [4.69, 9.17) is 5.73 Å². The Morgan fingerprint density at radius 1 is 1.28 bits per heavy atom. The normalized spacial score (nSPS) is 10.3. The number of phenolic OH excluding ortho intramolecular Hbond substituents is 1. The molecule has 0 atom stereocenters. The van der Waals surface area contributed by atoms with E-state index in [1.807, 2.05) is 36.1 Å².